The summed E-state index contributed by atoms with van der Waals surface area (Å²) in [6, 6.07) is 10.5. The largest absolute Gasteiger partial charge is 0.438 e. The van der Waals surface area contributed by atoms with Crippen molar-refractivity contribution in [2.24, 2.45) is 0 Å². The fraction of sp³-hybridized carbons (Fsp3) is 0.0769. The summed E-state index contributed by atoms with van der Waals surface area (Å²) in [5.74, 6) is 0.385. The van der Waals surface area contributed by atoms with Crippen LogP contribution in [0.25, 0.3) is 0 Å². The lowest BCUT2D eigenvalue weighted by atomic mass is 10.2. The number of carbonyl (C=O) groups is 1. The number of aromatic nitrogens is 1. The maximum atomic E-state index is 11.8. The van der Waals surface area contributed by atoms with E-state index in [-0.39, 0.29) is 5.88 Å². The van der Waals surface area contributed by atoms with E-state index < -0.39 is 5.91 Å². The van der Waals surface area contributed by atoms with Crippen LogP contribution >= 0.6 is 15.9 Å². The molecule has 0 unspecified atom stereocenters. The zero-order chi connectivity index (χ0) is 13.7. The first-order valence-electron chi connectivity index (χ1n) is 5.42. The van der Waals surface area contributed by atoms with Crippen molar-refractivity contribution in [1.29, 1.82) is 0 Å². The highest BCUT2D eigenvalue weighted by Crippen LogP contribution is 2.25. The van der Waals surface area contributed by atoms with Crippen LogP contribution in [0.2, 0.25) is 0 Å². The highest BCUT2D eigenvalue weighted by atomic mass is 79.9. The van der Waals surface area contributed by atoms with Gasteiger partial charge in [0.05, 0.1) is 7.11 Å². The number of benzene rings is 1. The fourth-order valence-electron chi connectivity index (χ4n) is 1.43. The van der Waals surface area contributed by atoms with Crippen LogP contribution in [0.3, 0.4) is 0 Å². The van der Waals surface area contributed by atoms with Gasteiger partial charge in [-0.2, -0.15) is 0 Å². The summed E-state index contributed by atoms with van der Waals surface area (Å²) in [6.45, 7) is 0. The molecule has 0 atom stereocenters. The minimum absolute atomic E-state index is 0.218. The number of rotatable bonds is 4. The molecule has 2 rings (SSSR count). The molecule has 5 nitrogen and oxygen atoms in total. The standard InChI is InChI=1S/C13H11BrN2O3/c1-18-16-12(17)11-6-3-7-15-13(11)19-10-5-2-4-9(14)8-10/h2-8H,1H3,(H,16,17). The normalized spacial score (nSPS) is 10.0. The van der Waals surface area contributed by atoms with Gasteiger partial charge in [0.25, 0.3) is 5.91 Å². The van der Waals surface area contributed by atoms with Gasteiger partial charge >= 0.3 is 0 Å². The number of nitrogens with zero attached hydrogens (tertiary/aromatic N) is 1. The van der Waals surface area contributed by atoms with E-state index in [1.807, 2.05) is 12.1 Å². The minimum atomic E-state index is -0.416. The van der Waals surface area contributed by atoms with Crippen LogP contribution in [0.4, 0.5) is 0 Å². The number of hydrogen-bond donors (Lipinski definition) is 1. The van der Waals surface area contributed by atoms with E-state index in [9.17, 15) is 4.79 Å². The van der Waals surface area contributed by atoms with Crippen molar-refractivity contribution in [3.8, 4) is 11.6 Å². The lowest BCUT2D eigenvalue weighted by Crippen LogP contribution is -2.22. The molecule has 0 radical (unpaired) electrons. The molecule has 0 aliphatic heterocycles. The van der Waals surface area contributed by atoms with Gasteiger partial charge in [-0.05, 0) is 30.3 Å². The quantitative estimate of drug-likeness (QED) is 0.879. The summed E-state index contributed by atoms with van der Waals surface area (Å²) in [6.07, 6.45) is 1.55. The Bertz CT molecular complexity index is 590. The summed E-state index contributed by atoms with van der Waals surface area (Å²) in [4.78, 5) is 20.4. The van der Waals surface area contributed by atoms with E-state index in [1.165, 1.54) is 7.11 Å². The van der Waals surface area contributed by atoms with Crippen molar-refractivity contribution in [3.05, 3.63) is 52.6 Å². The first-order valence-corrected chi connectivity index (χ1v) is 6.22. The molecule has 2 aromatic rings. The van der Waals surface area contributed by atoms with Crippen LogP contribution in [0.15, 0.2) is 47.1 Å². The lowest BCUT2D eigenvalue weighted by molar-refractivity contribution is 0.0535. The van der Waals surface area contributed by atoms with E-state index in [1.54, 1.807) is 30.5 Å². The molecule has 1 N–H and O–H groups in total. The van der Waals surface area contributed by atoms with E-state index in [4.69, 9.17) is 4.74 Å². The smallest absolute Gasteiger partial charge is 0.280 e. The molecule has 0 saturated carbocycles. The molecule has 6 heteroatoms. The summed E-state index contributed by atoms with van der Waals surface area (Å²) >= 11 is 3.35. The zero-order valence-electron chi connectivity index (χ0n) is 10.1. The molecule has 1 aromatic heterocycles. The first-order chi connectivity index (χ1) is 9.20. The van der Waals surface area contributed by atoms with Gasteiger partial charge in [0.1, 0.15) is 11.3 Å². The first kappa shape index (κ1) is 13.5. The number of hydroxylamine groups is 1. The maximum absolute atomic E-state index is 11.8. The predicted molar refractivity (Wildman–Crippen MR) is 72.9 cm³/mol. The maximum Gasteiger partial charge on any atom is 0.280 e. The summed E-state index contributed by atoms with van der Waals surface area (Å²) in [7, 11) is 1.36. The second kappa shape index (κ2) is 6.31. The molecule has 1 aromatic carbocycles. The Labute approximate surface area is 118 Å². The minimum Gasteiger partial charge on any atom is -0.438 e. The Kier molecular flexibility index (Phi) is 4.48. The third kappa shape index (κ3) is 3.52. The molecule has 0 aliphatic carbocycles. The number of halogens is 1. The molecular formula is C13H11BrN2O3. The number of amides is 1. The molecule has 0 bridgehead atoms. The van der Waals surface area contributed by atoms with Crippen molar-refractivity contribution in [2.45, 2.75) is 0 Å². The Balaban J connectivity index is 2.27. The number of ether oxygens (including phenoxy) is 1. The van der Waals surface area contributed by atoms with Gasteiger partial charge in [-0.15, -0.1) is 0 Å². The third-order valence-corrected chi connectivity index (χ3v) is 2.71. The fourth-order valence-corrected chi connectivity index (χ4v) is 1.81. The summed E-state index contributed by atoms with van der Waals surface area (Å²) < 4.78 is 6.48. The van der Waals surface area contributed by atoms with Crippen molar-refractivity contribution in [3.63, 3.8) is 0 Å². The van der Waals surface area contributed by atoms with Crippen molar-refractivity contribution in [1.82, 2.24) is 10.5 Å². The molecule has 19 heavy (non-hydrogen) atoms. The van der Waals surface area contributed by atoms with Crippen LogP contribution < -0.4 is 10.2 Å². The molecule has 98 valence electrons. The lowest BCUT2D eigenvalue weighted by Gasteiger charge is -2.09. The Hall–Kier alpha value is -1.92. The highest BCUT2D eigenvalue weighted by molar-refractivity contribution is 9.10. The molecule has 0 fully saturated rings. The van der Waals surface area contributed by atoms with Gasteiger partial charge in [0.2, 0.25) is 5.88 Å². The molecule has 1 heterocycles. The summed E-state index contributed by atoms with van der Waals surface area (Å²) in [5, 5.41) is 0. The topological polar surface area (TPSA) is 60.5 Å². The van der Waals surface area contributed by atoms with Gasteiger partial charge in [-0.3, -0.25) is 9.63 Å². The van der Waals surface area contributed by atoms with E-state index >= 15 is 0 Å². The van der Waals surface area contributed by atoms with Crippen LogP contribution in [-0.2, 0) is 4.84 Å². The highest BCUT2D eigenvalue weighted by Gasteiger charge is 2.13. The second-order valence-electron chi connectivity index (χ2n) is 3.55. The van der Waals surface area contributed by atoms with Crippen molar-refractivity contribution in [2.75, 3.05) is 7.11 Å². The van der Waals surface area contributed by atoms with Crippen molar-refractivity contribution < 1.29 is 14.4 Å². The van der Waals surface area contributed by atoms with Gasteiger partial charge < -0.3 is 4.74 Å². The monoisotopic (exact) mass is 322 g/mol. The number of hydrogen-bond acceptors (Lipinski definition) is 4. The zero-order valence-corrected chi connectivity index (χ0v) is 11.7. The van der Waals surface area contributed by atoms with Crippen LogP contribution in [0.5, 0.6) is 11.6 Å². The number of carbonyl (C=O) groups excluding carboxylic acids is 1. The molecule has 0 aliphatic rings. The number of pyridine rings is 1. The molecule has 0 saturated heterocycles. The van der Waals surface area contributed by atoms with Gasteiger partial charge in [-0.25, -0.2) is 10.5 Å². The van der Waals surface area contributed by atoms with Gasteiger partial charge in [0, 0.05) is 10.7 Å². The van der Waals surface area contributed by atoms with Crippen molar-refractivity contribution >= 4 is 21.8 Å². The molecular weight excluding hydrogens is 312 g/mol. The third-order valence-electron chi connectivity index (χ3n) is 2.22. The molecule has 0 spiro atoms. The van der Waals surface area contributed by atoms with Gasteiger partial charge in [-0.1, -0.05) is 22.0 Å². The van der Waals surface area contributed by atoms with Gasteiger partial charge in [0.15, 0.2) is 0 Å². The Morgan fingerprint density at radius 2 is 2.16 bits per heavy atom. The average molecular weight is 323 g/mol. The predicted octanol–water partition coefficient (Wildman–Crippen LogP) is 2.93. The van der Waals surface area contributed by atoms with Crippen LogP contribution in [0.1, 0.15) is 10.4 Å². The average Bonchev–Trinajstić information content (AvgIpc) is 2.39. The Morgan fingerprint density at radius 3 is 2.89 bits per heavy atom. The second-order valence-corrected chi connectivity index (χ2v) is 4.47. The van der Waals surface area contributed by atoms with E-state index in [0.717, 1.165) is 4.47 Å². The number of nitrogens with one attached hydrogen (secondary N) is 1. The Morgan fingerprint density at radius 1 is 1.32 bits per heavy atom. The molecule has 1 amide bonds. The van der Waals surface area contributed by atoms with Crippen LogP contribution in [-0.4, -0.2) is 18.0 Å². The van der Waals surface area contributed by atoms with Crippen LogP contribution in [0, 0.1) is 0 Å². The van der Waals surface area contributed by atoms with E-state index in [0.29, 0.717) is 11.3 Å². The summed E-state index contributed by atoms with van der Waals surface area (Å²) in [5.41, 5.74) is 2.53. The van der Waals surface area contributed by atoms with E-state index in [2.05, 4.69) is 31.2 Å². The SMILES string of the molecule is CONC(=O)c1cccnc1Oc1cccc(Br)c1.